The standard InChI is InChI=1S/C14H16N2O.C7H7NO2S/c1-9-7-13(17)15-16-14(9)12-6-5-10-3-2-4-11(10)8-12;9-11(10)5-6-1-3-7(8-11)4-2-6/h5-6,8-9H,2-4,7H2,1H3,(H,15,17);1-4,8H,5H2. The number of hydrogen-bond acceptors (Lipinski definition) is 4. The van der Waals surface area contributed by atoms with Gasteiger partial charge in [0, 0.05) is 18.0 Å². The first-order chi connectivity index (χ1) is 13.4. The minimum Gasteiger partial charge on any atom is -0.283 e. The number of carbonyl (C=O) groups is 1. The van der Waals surface area contributed by atoms with E-state index in [2.05, 4.69) is 40.4 Å². The molecule has 3 heterocycles. The van der Waals surface area contributed by atoms with E-state index in [1.54, 1.807) is 12.1 Å². The summed E-state index contributed by atoms with van der Waals surface area (Å²) in [6.45, 7) is 2.06. The number of hydrogen-bond donors (Lipinski definition) is 2. The molecular weight excluding hydrogens is 374 g/mol. The fraction of sp³-hybridized carbons (Fsp3) is 0.333. The van der Waals surface area contributed by atoms with Crippen LogP contribution < -0.4 is 10.1 Å². The molecule has 7 heteroatoms. The molecule has 0 radical (unpaired) electrons. The second-order valence-corrected chi connectivity index (χ2v) is 9.25. The van der Waals surface area contributed by atoms with Crippen LogP contribution in [0.4, 0.5) is 5.69 Å². The molecule has 146 valence electrons. The van der Waals surface area contributed by atoms with Crippen LogP contribution in [-0.4, -0.2) is 20.0 Å². The number of nitrogens with zero attached hydrogens (tertiary/aromatic N) is 1. The van der Waals surface area contributed by atoms with Crippen molar-refractivity contribution in [2.45, 2.75) is 38.4 Å². The van der Waals surface area contributed by atoms with Gasteiger partial charge in [0.2, 0.25) is 15.9 Å². The summed E-state index contributed by atoms with van der Waals surface area (Å²) in [6, 6.07) is 13.7. The Bertz CT molecular complexity index is 1010. The lowest BCUT2D eigenvalue weighted by atomic mass is 9.92. The maximum absolute atomic E-state index is 11.2. The topological polar surface area (TPSA) is 87.6 Å². The van der Waals surface area contributed by atoms with Crippen LogP contribution in [0.5, 0.6) is 0 Å². The molecule has 6 rings (SSSR count). The van der Waals surface area contributed by atoms with Gasteiger partial charge in [-0.05, 0) is 59.7 Å². The molecular formula is C21H23N3O3S. The van der Waals surface area contributed by atoms with E-state index in [4.69, 9.17) is 0 Å². The van der Waals surface area contributed by atoms with Gasteiger partial charge in [0.1, 0.15) is 0 Å². The van der Waals surface area contributed by atoms with Gasteiger partial charge in [-0.25, -0.2) is 13.8 Å². The first kappa shape index (κ1) is 18.7. The van der Waals surface area contributed by atoms with Crippen LogP contribution in [0.1, 0.15) is 42.0 Å². The summed E-state index contributed by atoms with van der Waals surface area (Å²) < 4.78 is 24.6. The number of rotatable bonds is 1. The van der Waals surface area contributed by atoms with Gasteiger partial charge >= 0.3 is 0 Å². The quantitative estimate of drug-likeness (QED) is 0.775. The van der Waals surface area contributed by atoms with Crippen LogP contribution in [0, 0.1) is 5.92 Å². The average Bonchev–Trinajstić information content (AvgIpc) is 2.99. The summed E-state index contributed by atoms with van der Waals surface area (Å²) in [6.07, 6.45) is 4.18. The van der Waals surface area contributed by atoms with Gasteiger partial charge in [0.15, 0.2) is 0 Å². The van der Waals surface area contributed by atoms with Crippen molar-refractivity contribution in [3.05, 3.63) is 64.7 Å². The molecule has 2 bridgehead atoms. The number of carbonyl (C=O) groups excluding carboxylic acids is 1. The zero-order valence-corrected chi connectivity index (χ0v) is 16.6. The van der Waals surface area contributed by atoms with Crippen LogP contribution in [0.25, 0.3) is 0 Å². The molecule has 0 aromatic heterocycles. The molecule has 0 spiro atoms. The second kappa shape index (κ2) is 7.39. The van der Waals surface area contributed by atoms with Crippen molar-refractivity contribution in [1.29, 1.82) is 0 Å². The van der Waals surface area contributed by atoms with Crippen molar-refractivity contribution in [3.8, 4) is 0 Å². The summed E-state index contributed by atoms with van der Waals surface area (Å²) in [5.41, 5.74) is 9.16. The fourth-order valence-electron chi connectivity index (χ4n) is 3.84. The van der Waals surface area contributed by atoms with Gasteiger partial charge in [0.05, 0.1) is 11.5 Å². The Morgan fingerprint density at radius 3 is 2.54 bits per heavy atom. The Morgan fingerprint density at radius 1 is 1.04 bits per heavy atom. The predicted molar refractivity (Wildman–Crippen MR) is 110 cm³/mol. The van der Waals surface area contributed by atoms with Crippen molar-refractivity contribution in [2.75, 3.05) is 4.72 Å². The molecule has 0 fully saturated rings. The molecule has 2 aromatic carbocycles. The number of benzene rings is 2. The van der Waals surface area contributed by atoms with E-state index in [0.29, 0.717) is 12.1 Å². The second-order valence-electron chi connectivity index (χ2n) is 7.53. The number of fused-ring (bicyclic) bond motifs is 5. The van der Waals surface area contributed by atoms with Crippen LogP contribution >= 0.6 is 0 Å². The van der Waals surface area contributed by atoms with E-state index in [1.165, 1.54) is 30.4 Å². The van der Waals surface area contributed by atoms with Crippen molar-refractivity contribution < 1.29 is 13.2 Å². The number of anilines is 1. The van der Waals surface area contributed by atoms with Crippen LogP contribution in [-0.2, 0) is 33.4 Å². The number of nitrogens with one attached hydrogen (secondary N) is 2. The summed E-state index contributed by atoms with van der Waals surface area (Å²) in [5.74, 6) is 0.314. The zero-order valence-electron chi connectivity index (χ0n) is 15.7. The van der Waals surface area contributed by atoms with E-state index in [-0.39, 0.29) is 17.6 Å². The summed E-state index contributed by atoms with van der Waals surface area (Å²) in [7, 11) is -3.10. The molecule has 1 unspecified atom stereocenters. The van der Waals surface area contributed by atoms with Crippen molar-refractivity contribution in [1.82, 2.24) is 5.43 Å². The minimum atomic E-state index is -3.10. The molecule has 1 amide bonds. The van der Waals surface area contributed by atoms with Gasteiger partial charge in [0.25, 0.3) is 0 Å². The third kappa shape index (κ3) is 4.09. The van der Waals surface area contributed by atoms with Crippen LogP contribution in [0.3, 0.4) is 0 Å². The number of sulfonamides is 1. The van der Waals surface area contributed by atoms with Crippen LogP contribution in [0.2, 0.25) is 0 Å². The first-order valence-corrected chi connectivity index (χ1v) is 11.1. The fourth-order valence-corrected chi connectivity index (χ4v) is 5.04. The molecule has 28 heavy (non-hydrogen) atoms. The molecule has 0 saturated heterocycles. The highest BCUT2D eigenvalue weighted by molar-refractivity contribution is 7.91. The van der Waals surface area contributed by atoms with Gasteiger partial charge < -0.3 is 0 Å². The summed E-state index contributed by atoms with van der Waals surface area (Å²) in [4.78, 5) is 11.2. The summed E-state index contributed by atoms with van der Waals surface area (Å²) >= 11 is 0. The number of aryl methyl sites for hydroxylation is 2. The van der Waals surface area contributed by atoms with E-state index >= 15 is 0 Å². The van der Waals surface area contributed by atoms with Gasteiger partial charge in [-0.15, -0.1) is 0 Å². The van der Waals surface area contributed by atoms with Gasteiger partial charge in [-0.1, -0.05) is 31.2 Å². The molecule has 1 aliphatic carbocycles. The zero-order chi connectivity index (χ0) is 19.7. The Labute approximate surface area is 165 Å². The molecule has 1 atom stereocenters. The normalized spacial score (nSPS) is 21.4. The Morgan fingerprint density at radius 2 is 1.79 bits per heavy atom. The van der Waals surface area contributed by atoms with Crippen molar-refractivity contribution in [2.24, 2.45) is 11.0 Å². The van der Waals surface area contributed by atoms with E-state index in [9.17, 15) is 13.2 Å². The van der Waals surface area contributed by atoms with Crippen molar-refractivity contribution >= 4 is 27.3 Å². The Kier molecular flexibility index (Phi) is 4.93. The molecule has 4 aliphatic rings. The summed E-state index contributed by atoms with van der Waals surface area (Å²) in [5, 5.41) is 4.20. The minimum absolute atomic E-state index is 0.0161. The maximum atomic E-state index is 11.2. The van der Waals surface area contributed by atoms with E-state index in [0.717, 1.165) is 16.8 Å². The average molecular weight is 398 g/mol. The molecule has 2 aromatic rings. The highest BCUT2D eigenvalue weighted by Gasteiger charge is 2.22. The van der Waals surface area contributed by atoms with E-state index < -0.39 is 10.0 Å². The largest absolute Gasteiger partial charge is 0.283 e. The first-order valence-electron chi connectivity index (χ1n) is 9.48. The smallest absolute Gasteiger partial charge is 0.240 e. The lowest BCUT2D eigenvalue weighted by Crippen LogP contribution is -2.32. The number of hydrazone groups is 1. The monoisotopic (exact) mass is 397 g/mol. The van der Waals surface area contributed by atoms with E-state index in [1.807, 2.05) is 12.1 Å². The third-order valence-electron chi connectivity index (χ3n) is 5.24. The number of amides is 1. The van der Waals surface area contributed by atoms with Crippen molar-refractivity contribution in [3.63, 3.8) is 0 Å². The lowest BCUT2D eigenvalue weighted by molar-refractivity contribution is -0.121. The Hall–Kier alpha value is -2.67. The molecule has 6 nitrogen and oxygen atoms in total. The lowest BCUT2D eigenvalue weighted by Gasteiger charge is -2.19. The van der Waals surface area contributed by atoms with Crippen LogP contribution in [0.15, 0.2) is 47.6 Å². The highest BCUT2D eigenvalue weighted by atomic mass is 32.2. The molecule has 3 aliphatic heterocycles. The SMILES string of the molecule is CC1CC(=O)NN=C1c1ccc2c(c1)CCC2.O=S1(=O)Cc2ccc(cc2)N1. The highest BCUT2D eigenvalue weighted by Crippen LogP contribution is 2.25. The predicted octanol–water partition coefficient (Wildman–Crippen LogP) is 2.98. The van der Waals surface area contributed by atoms with Gasteiger partial charge in [-0.2, -0.15) is 5.10 Å². The van der Waals surface area contributed by atoms with Gasteiger partial charge in [-0.3, -0.25) is 9.52 Å². The maximum Gasteiger partial charge on any atom is 0.240 e. The molecule has 2 N–H and O–H groups in total. The molecule has 0 saturated carbocycles. The third-order valence-corrected chi connectivity index (χ3v) is 6.50. The Balaban J connectivity index is 0.000000151.